The number of primary amides is 1. The number of benzene rings is 1. The van der Waals surface area contributed by atoms with E-state index >= 15 is 0 Å². The molecule has 3 aromatic rings. The fourth-order valence-corrected chi connectivity index (χ4v) is 5.64. The molecule has 35 heavy (non-hydrogen) atoms. The van der Waals surface area contributed by atoms with Crippen molar-refractivity contribution in [2.24, 2.45) is 5.73 Å². The van der Waals surface area contributed by atoms with Crippen LogP contribution in [0.3, 0.4) is 0 Å². The lowest BCUT2D eigenvalue weighted by molar-refractivity contribution is 0.0817. The Labute approximate surface area is 207 Å². The summed E-state index contributed by atoms with van der Waals surface area (Å²) in [6.07, 6.45) is 1.93. The molecule has 0 aliphatic carbocycles. The average Bonchev–Trinajstić information content (AvgIpc) is 3.43. The first-order valence-electron chi connectivity index (χ1n) is 12.4. The third-order valence-corrected chi connectivity index (χ3v) is 8.51. The summed E-state index contributed by atoms with van der Waals surface area (Å²) in [5.41, 5.74) is 8.30. The Morgan fingerprint density at radius 1 is 1.14 bits per heavy atom. The molecule has 11 heteroatoms. The molecular weight excluding hydrogens is 460 g/mol. The van der Waals surface area contributed by atoms with Crippen molar-refractivity contribution in [2.75, 3.05) is 49.1 Å². The third kappa shape index (κ3) is 4.93. The minimum Gasteiger partial charge on any atom is -0.364 e. The lowest BCUT2D eigenvalue weighted by Crippen LogP contribution is -2.45. The molecule has 1 fully saturated rings. The number of amides is 1. The van der Waals surface area contributed by atoms with Gasteiger partial charge in [-0.05, 0) is 18.2 Å². The van der Waals surface area contributed by atoms with Crippen molar-refractivity contribution >= 4 is 36.4 Å². The van der Waals surface area contributed by atoms with Crippen molar-refractivity contribution in [3.05, 3.63) is 35.9 Å². The van der Waals surface area contributed by atoms with Gasteiger partial charge in [-0.3, -0.25) is 4.79 Å². The Hall–Kier alpha value is -2.89. The minimum absolute atomic E-state index is 0.380. The maximum atomic E-state index is 12.2. The first-order chi connectivity index (χ1) is 16.8. The van der Waals surface area contributed by atoms with Crippen molar-refractivity contribution in [3.8, 4) is 0 Å². The summed E-state index contributed by atoms with van der Waals surface area (Å²) in [5, 5.41) is 9.07. The summed E-state index contributed by atoms with van der Waals surface area (Å²) in [6.45, 7) is 13.9. The van der Waals surface area contributed by atoms with E-state index in [2.05, 4.69) is 62.6 Å². The first-order valence-corrected chi connectivity index (χ1v) is 16.1. The van der Waals surface area contributed by atoms with Crippen LogP contribution < -0.4 is 20.9 Å². The van der Waals surface area contributed by atoms with Crippen LogP contribution in [-0.2, 0) is 24.6 Å². The number of piperazine rings is 1. The van der Waals surface area contributed by atoms with Crippen LogP contribution in [0, 0.1) is 0 Å². The largest absolute Gasteiger partial charge is 0.364 e. The number of nitrogens with zero attached hydrogens (tertiary/aromatic N) is 6. The molecule has 0 saturated carbocycles. The van der Waals surface area contributed by atoms with Crippen molar-refractivity contribution in [3.63, 3.8) is 0 Å². The number of nitrogens with one attached hydrogen (secondary N) is 1. The molecule has 1 saturated heterocycles. The van der Waals surface area contributed by atoms with Gasteiger partial charge in [0.25, 0.3) is 5.91 Å². The maximum absolute atomic E-state index is 12.2. The van der Waals surface area contributed by atoms with Crippen LogP contribution in [0.1, 0.15) is 16.3 Å². The second-order valence-electron chi connectivity index (χ2n) is 10.6. The van der Waals surface area contributed by atoms with Crippen LogP contribution in [0.25, 0.3) is 10.9 Å². The van der Waals surface area contributed by atoms with Gasteiger partial charge in [-0.15, -0.1) is 0 Å². The van der Waals surface area contributed by atoms with Gasteiger partial charge in [-0.1, -0.05) is 25.7 Å². The number of aromatic nitrogens is 4. The average molecular weight is 497 g/mol. The maximum Gasteiger partial charge on any atom is 0.271 e. The van der Waals surface area contributed by atoms with E-state index in [4.69, 9.17) is 15.5 Å². The van der Waals surface area contributed by atoms with E-state index in [9.17, 15) is 4.79 Å². The molecule has 2 aliphatic rings. The highest BCUT2D eigenvalue weighted by atomic mass is 28.3. The summed E-state index contributed by atoms with van der Waals surface area (Å²) < 4.78 is 10.1. The highest BCUT2D eigenvalue weighted by Crippen LogP contribution is 2.32. The van der Waals surface area contributed by atoms with Crippen molar-refractivity contribution in [1.29, 1.82) is 0 Å². The number of fused-ring (bicyclic) bond motifs is 2. The van der Waals surface area contributed by atoms with Crippen LogP contribution in [0.4, 0.5) is 11.5 Å². The summed E-state index contributed by atoms with van der Waals surface area (Å²) in [6, 6.07) is 7.43. The van der Waals surface area contributed by atoms with Gasteiger partial charge in [0.05, 0.1) is 18.3 Å². The van der Waals surface area contributed by atoms with Gasteiger partial charge >= 0.3 is 0 Å². The number of rotatable bonds is 8. The highest BCUT2D eigenvalue weighted by Gasteiger charge is 2.30. The molecule has 4 heterocycles. The van der Waals surface area contributed by atoms with Gasteiger partial charge in [0.15, 0.2) is 5.69 Å². The lowest BCUT2D eigenvalue weighted by Gasteiger charge is -2.34. The molecule has 3 N–H and O–H groups in total. The summed E-state index contributed by atoms with van der Waals surface area (Å²) in [5.74, 6) is 1.28. The second-order valence-corrected chi connectivity index (χ2v) is 16.2. The predicted octanol–water partition coefficient (Wildman–Crippen LogP) is 2.07. The van der Waals surface area contributed by atoms with Crippen LogP contribution >= 0.6 is 0 Å². The second kappa shape index (κ2) is 9.63. The number of imidazole rings is 1. The molecular formula is C24H36N8O2Si. The zero-order valence-electron chi connectivity index (χ0n) is 21.0. The molecule has 0 bridgehead atoms. The molecule has 0 spiro atoms. The van der Waals surface area contributed by atoms with Crippen molar-refractivity contribution in [1.82, 2.24) is 24.6 Å². The molecule has 10 nitrogen and oxygen atoms in total. The number of nitrogens with two attached hydrogens (primary N) is 1. The van der Waals surface area contributed by atoms with Gasteiger partial charge in [-0.2, -0.15) is 5.10 Å². The van der Waals surface area contributed by atoms with Crippen molar-refractivity contribution < 1.29 is 9.53 Å². The monoisotopic (exact) mass is 496 g/mol. The number of hydrogen-bond donors (Lipinski definition) is 2. The minimum atomic E-state index is -1.12. The van der Waals surface area contributed by atoms with E-state index in [1.165, 1.54) is 0 Å². The Kier molecular flexibility index (Phi) is 6.56. The Morgan fingerprint density at radius 3 is 2.69 bits per heavy atom. The fraction of sp³-hybridized carbons (Fsp3) is 0.542. The lowest BCUT2D eigenvalue weighted by atomic mass is 10.2. The summed E-state index contributed by atoms with van der Waals surface area (Å²) >= 11 is 0. The topological polar surface area (TPSA) is 106 Å². The Balaban J connectivity index is 1.37. The molecule has 0 atom stereocenters. The zero-order valence-corrected chi connectivity index (χ0v) is 22.0. The SMILES string of the molecule is C[Si](C)(C)CCOCn1ncc2c(N3CCn4c(nc(C(N)=O)c4N4CCNCC4)C3)cccc21. The van der Waals surface area contributed by atoms with Gasteiger partial charge < -0.3 is 30.2 Å². The Bertz CT molecular complexity index is 1210. The molecule has 0 unspecified atom stereocenters. The molecule has 5 rings (SSSR count). The van der Waals surface area contributed by atoms with Gasteiger partial charge in [0, 0.05) is 65.0 Å². The first kappa shape index (κ1) is 23.8. The van der Waals surface area contributed by atoms with E-state index in [-0.39, 0.29) is 0 Å². The third-order valence-electron chi connectivity index (χ3n) is 6.81. The highest BCUT2D eigenvalue weighted by molar-refractivity contribution is 6.76. The predicted molar refractivity (Wildman–Crippen MR) is 141 cm³/mol. The Morgan fingerprint density at radius 2 is 1.94 bits per heavy atom. The van der Waals surface area contributed by atoms with Crippen LogP contribution in [-0.4, -0.2) is 72.6 Å². The fourth-order valence-electron chi connectivity index (χ4n) is 4.88. The molecule has 0 radical (unpaired) electrons. The zero-order chi connectivity index (χ0) is 24.6. The molecule has 2 aromatic heterocycles. The summed E-state index contributed by atoms with van der Waals surface area (Å²) in [7, 11) is -1.12. The normalized spacial score (nSPS) is 16.7. The van der Waals surface area contributed by atoms with Crippen LogP contribution in [0.2, 0.25) is 25.7 Å². The van der Waals surface area contributed by atoms with E-state index in [0.29, 0.717) is 19.0 Å². The number of ether oxygens (including phenoxy) is 1. The van der Waals surface area contributed by atoms with Gasteiger partial charge in [-0.25, -0.2) is 9.67 Å². The van der Waals surface area contributed by atoms with E-state index in [1.54, 1.807) is 0 Å². The van der Waals surface area contributed by atoms with E-state index in [1.807, 2.05) is 10.9 Å². The quantitative estimate of drug-likeness (QED) is 0.363. The number of hydrogen-bond acceptors (Lipinski definition) is 7. The molecule has 188 valence electrons. The van der Waals surface area contributed by atoms with Crippen molar-refractivity contribution in [2.45, 2.75) is 45.5 Å². The van der Waals surface area contributed by atoms with E-state index < -0.39 is 14.0 Å². The summed E-state index contributed by atoms with van der Waals surface area (Å²) in [4.78, 5) is 21.5. The smallest absolute Gasteiger partial charge is 0.271 e. The molecule has 1 amide bonds. The number of anilines is 2. The van der Waals surface area contributed by atoms with Crippen LogP contribution in [0.15, 0.2) is 24.4 Å². The number of carbonyl (C=O) groups is 1. The standard InChI is InChI=1S/C24H36N8O2Si/c1-35(2,3)14-13-34-17-32-20-6-4-5-19(18(20)15-27-32)30-11-12-31-21(16-30)28-22(23(25)33)24(31)29-9-7-26-8-10-29/h4-6,15,26H,7-14,16-17H2,1-3H3,(H2,25,33). The molecule has 1 aromatic carbocycles. The molecule has 2 aliphatic heterocycles. The van der Waals surface area contributed by atoms with Crippen LogP contribution in [0.5, 0.6) is 0 Å². The van der Waals surface area contributed by atoms with E-state index in [0.717, 1.165) is 80.2 Å². The number of carbonyl (C=O) groups excluding carboxylic acids is 1. The van der Waals surface area contributed by atoms with Gasteiger partial charge in [0.1, 0.15) is 18.4 Å². The van der Waals surface area contributed by atoms with Gasteiger partial charge in [0.2, 0.25) is 0 Å².